The fraction of sp³-hybridized carbons (Fsp3) is 0.588. The Bertz CT molecular complexity index is 596. The second-order valence-electron chi connectivity index (χ2n) is 6.71. The summed E-state index contributed by atoms with van der Waals surface area (Å²) in [5.41, 5.74) is -1.05. The van der Waals surface area contributed by atoms with Crippen molar-refractivity contribution in [3.63, 3.8) is 0 Å². The number of hydrogen-bond acceptors (Lipinski definition) is 4. The summed E-state index contributed by atoms with van der Waals surface area (Å²) in [6.45, 7) is 1.13. The molecular formula is C17H22ClFN2O3. The van der Waals surface area contributed by atoms with Gasteiger partial charge in [0.1, 0.15) is 17.5 Å². The van der Waals surface area contributed by atoms with E-state index in [-0.39, 0.29) is 29.6 Å². The van der Waals surface area contributed by atoms with Crippen LogP contribution in [0.25, 0.3) is 0 Å². The van der Waals surface area contributed by atoms with E-state index >= 15 is 0 Å². The molecule has 2 saturated heterocycles. The Labute approximate surface area is 145 Å². The lowest BCUT2D eigenvalue weighted by molar-refractivity contribution is -0.168. The van der Waals surface area contributed by atoms with E-state index in [4.69, 9.17) is 16.7 Å². The highest BCUT2D eigenvalue weighted by Gasteiger charge is 2.46. The van der Waals surface area contributed by atoms with Crippen LogP contribution in [-0.2, 0) is 4.79 Å². The van der Waals surface area contributed by atoms with Crippen LogP contribution in [0.4, 0.5) is 4.39 Å². The van der Waals surface area contributed by atoms with Crippen molar-refractivity contribution in [2.75, 3.05) is 32.8 Å². The molecule has 24 heavy (non-hydrogen) atoms. The van der Waals surface area contributed by atoms with Gasteiger partial charge >= 0.3 is 0 Å². The second-order valence-corrected chi connectivity index (χ2v) is 7.12. The summed E-state index contributed by atoms with van der Waals surface area (Å²) in [5, 5.41) is 19.3. The van der Waals surface area contributed by atoms with Crippen LogP contribution in [0.2, 0.25) is 5.02 Å². The van der Waals surface area contributed by atoms with Crippen LogP contribution >= 0.6 is 11.6 Å². The van der Waals surface area contributed by atoms with Gasteiger partial charge in [0.15, 0.2) is 0 Å². The quantitative estimate of drug-likeness (QED) is 0.859. The number of rotatable bonds is 4. The monoisotopic (exact) mass is 356 g/mol. The lowest BCUT2D eigenvalue weighted by Crippen LogP contribution is -2.66. The largest absolute Gasteiger partial charge is 0.393 e. The predicted molar refractivity (Wildman–Crippen MR) is 88.2 cm³/mol. The van der Waals surface area contributed by atoms with Crippen molar-refractivity contribution in [3.8, 4) is 0 Å². The summed E-state index contributed by atoms with van der Waals surface area (Å²) in [7, 11) is 0. The van der Waals surface area contributed by atoms with Gasteiger partial charge in [-0.1, -0.05) is 24.1 Å². The zero-order valence-electron chi connectivity index (χ0n) is 13.4. The van der Waals surface area contributed by atoms with E-state index in [0.717, 1.165) is 19.3 Å². The fourth-order valence-electron chi connectivity index (χ4n) is 3.50. The van der Waals surface area contributed by atoms with Crippen molar-refractivity contribution >= 4 is 17.5 Å². The third-order valence-electron chi connectivity index (χ3n) is 4.84. The summed E-state index contributed by atoms with van der Waals surface area (Å²) < 4.78 is 14.4. The van der Waals surface area contributed by atoms with Gasteiger partial charge in [-0.05, 0) is 38.1 Å². The molecule has 2 aliphatic rings. The Balaban J connectivity index is 1.89. The summed E-state index contributed by atoms with van der Waals surface area (Å²) in [6, 6.07) is 3.63. The third kappa shape index (κ3) is 3.28. The van der Waals surface area contributed by atoms with Crippen LogP contribution in [0.1, 0.15) is 30.9 Å². The van der Waals surface area contributed by atoms with Gasteiger partial charge < -0.3 is 15.1 Å². The smallest absolute Gasteiger partial charge is 0.244 e. The van der Waals surface area contributed by atoms with Crippen LogP contribution in [0, 0.1) is 5.82 Å². The van der Waals surface area contributed by atoms with Crippen molar-refractivity contribution in [2.24, 2.45) is 0 Å². The third-order valence-corrected chi connectivity index (χ3v) is 5.17. The molecule has 2 aliphatic heterocycles. The molecule has 1 amide bonds. The lowest BCUT2D eigenvalue weighted by atomic mass is 9.92. The summed E-state index contributed by atoms with van der Waals surface area (Å²) >= 11 is 6.21. The fourth-order valence-corrected chi connectivity index (χ4v) is 3.77. The first-order chi connectivity index (χ1) is 11.4. The maximum atomic E-state index is 14.4. The van der Waals surface area contributed by atoms with Crippen molar-refractivity contribution in [2.45, 2.75) is 30.9 Å². The average Bonchev–Trinajstić information content (AvgIpc) is 2.55. The molecule has 0 spiro atoms. The Hall–Kier alpha value is -1.21. The predicted octanol–water partition coefficient (Wildman–Crippen LogP) is 1.57. The number of aliphatic hydroxyl groups is 2. The van der Waals surface area contributed by atoms with Crippen molar-refractivity contribution in [3.05, 3.63) is 34.6 Å². The van der Waals surface area contributed by atoms with E-state index in [2.05, 4.69) is 0 Å². The van der Waals surface area contributed by atoms with Gasteiger partial charge in [0.2, 0.25) is 5.91 Å². The molecule has 132 valence electrons. The summed E-state index contributed by atoms with van der Waals surface area (Å²) in [6.07, 6.45) is 3.00. The molecule has 1 aromatic carbocycles. The minimum Gasteiger partial charge on any atom is -0.393 e. The molecule has 2 heterocycles. The zero-order chi connectivity index (χ0) is 17.3. The molecule has 1 atom stereocenters. The summed E-state index contributed by atoms with van der Waals surface area (Å²) in [5.74, 6) is -0.772. The molecule has 2 N–H and O–H groups in total. The first-order valence-corrected chi connectivity index (χ1v) is 8.63. The first-order valence-electron chi connectivity index (χ1n) is 8.25. The van der Waals surface area contributed by atoms with Gasteiger partial charge in [-0.25, -0.2) is 4.39 Å². The van der Waals surface area contributed by atoms with E-state index in [1.54, 1.807) is 6.07 Å². The summed E-state index contributed by atoms with van der Waals surface area (Å²) in [4.78, 5) is 16.4. The van der Waals surface area contributed by atoms with Crippen LogP contribution in [0.3, 0.4) is 0 Å². The topological polar surface area (TPSA) is 64.0 Å². The molecule has 5 nitrogen and oxygen atoms in total. The molecule has 0 aromatic heterocycles. The van der Waals surface area contributed by atoms with Gasteiger partial charge in [0.05, 0.1) is 19.7 Å². The number of piperidine rings is 1. The Kier molecular flexibility index (Phi) is 5.11. The Morgan fingerprint density at radius 1 is 1.29 bits per heavy atom. The highest BCUT2D eigenvalue weighted by molar-refractivity contribution is 6.31. The molecule has 0 aliphatic carbocycles. The number of amides is 1. The van der Waals surface area contributed by atoms with Crippen LogP contribution in [0.5, 0.6) is 0 Å². The number of aliphatic hydroxyl groups excluding tert-OH is 1. The van der Waals surface area contributed by atoms with Gasteiger partial charge in [-0.2, -0.15) is 0 Å². The molecule has 3 rings (SSSR count). The number of likely N-dealkylation sites (tertiary alicyclic amines) is 2. The Morgan fingerprint density at radius 2 is 1.96 bits per heavy atom. The first kappa shape index (κ1) is 17.6. The standard InChI is InChI=1S/C17H22ClFN2O3/c18-12-5-4-6-13(19)14(12)15(20-7-2-1-3-8-20)16(23)21-9-17(24,10-21)11-22/h4-6,15,22,24H,1-3,7-11H2. The Morgan fingerprint density at radius 3 is 2.54 bits per heavy atom. The normalized spacial score (nSPS) is 22.1. The molecule has 1 aromatic rings. The molecule has 0 bridgehead atoms. The molecule has 7 heteroatoms. The van der Waals surface area contributed by atoms with E-state index in [1.165, 1.54) is 17.0 Å². The number of halogens is 2. The second kappa shape index (κ2) is 6.96. The van der Waals surface area contributed by atoms with Crippen LogP contribution < -0.4 is 0 Å². The van der Waals surface area contributed by atoms with Crippen LogP contribution in [-0.4, -0.2) is 64.3 Å². The number of benzene rings is 1. The molecule has 1 unspecified atom stereocenters. The number of hydrogen-bond donors (Lipinski definition) is 2. The van der Waals surface area contributed by atoms with Crippen LogP contribution in [0.15, 0.2) is 18.2 Å². The van der Waals surface area contributed by atoms with Gasteiger partial charge in [0, 0.05) is 10.6 Å². The minimum atomic E-state index is -1.25. The van der Waals surface area contributed by atoms with E-state index < -0.39 is 24.1 Å². The highest BCUT2D eigenvalue weighted by atomic mass is 35.5. The molecule has 2 fully saturated rings. The maximum absolute atomic E-state index is 14.4. The van der Waals surface area contributed by atoms with Crippen molar-refractivity contribution in [1.82, 2.24) is 9.80 Å². The maximum Gasteiger partial charge on any atom is 0.244 e. The number of carbonyl (C=O) groups is 1. The van der Waals surface area contributed by atoms with Gasteiger partial charge in [-0.15, -0.1) is 0 Å². The highest BCUT2D eigenvalue weighted by Crippen LogP contribution is 2.35. The molecule has 0 saturated carbocycles. The van der Waals surface area contributed by atoms with Crippen molar-refractivity contribution in [1.29, 1.82) is 0 Å². The van der Waals surface area contributed by atoms with Crippen molar-refractivity contribution < 1.29 is 19.4 Å². The minimum absolute atomic E-state index is 0.0543. The van der Waals surface area contributed by atoms with E-state index in [9.17, 15) is 14.3 Å². The SMILES string of the molecule is O=C(C(c1c(F)cccc1Cl)N1CCCCC1)N1CC(O)(CO)C1. The number of carbonyl (C=O) groups excluding carboxylic acids is 1. The number of β-amino-alcohol motifs (C(OH)–C–C–N with tert-alkyl or cyclic N) is 1. The van der Waals surface area contributed by atoms with Gasteiger partial charge in [-0.3, -0.25) is 9.69 Å². The average molecular weight is 357 g/mol. The zero-order valence-corrected chi connectivity index (χ0v) is 14.2. The van der Waals surface area contributed by atoms with Gasteiger partial charge in [0.25, 0.3) is 0 Å². The van der Waals surface area contributed by atoms with E-state index in [1.807, 2.05) is 4.90 Å². The number of nitrogens with zero attached hydrogens (tertiary/aromatic N) is 2. The molecular weight excluding hydrogens is 335 g/mol. The molecule has 0 radical (unpaired) electrons. The lowest BCUT2D eigenvalue weighted by Gasteiger charge is -2.48. The van der Waals surface area contributed by atoms with E-state index in [0.29, 0.717) is 13.1 Å².